The van der Waals surface area contributed by atoms with Crippen LogP contribution in [0.3, 0.4) is 0 Å². The van der Waals surface area contributed by atoms with Crippen molar-refractivity contribution in [2.45, 2.75) is 69.5 Å². The van der Waals surface area contributed by atoms with Crippen molar-refractivity contribution in [2.24, 2.45) is 0 Å². The van der Waals surface area contributed by atoms with Crippen molar-refractivity contribution in [3.05, 3.63) is 0 Å². The lowest BCUT2D eigenvalue weighted by molar-refractivity contribution is 0.573. The van der Waals surface area contributed by atoms with Gasteiger partial charge in [-0.25, -0.2) is 0 Å². The first kappa shape index (κ1) is 15.0. The summed E-state index contributed by atoms with van der Waals surface area (Å²) in [5, 5.41) is 1.14. The highest BCUT2D eigenvalue weighted by molar-refractivity contribution is 9.09. The Balaban J connectivity index is 3.02. The van der Waals surface area contributed by atoms with E-state index in [-0.39, 0.29) is 0 Å². The molecule has 0 saturated heterocycles. The maximum absolute atomic E-state index is 3.74. The Morgan fingerprint density at radius 2 is 1.43 bits per heavy atom. The minimum Gasteiger partial charge on any atom is -0.0928 e. The summed E-state index contributed by atoms with van der Waals surface area (Å²) in [6.45, 7) is 2.27. The first-order valence-electron chi connectivity index (χ1n) is 6.01. The standard InChI is InChI=1S/C12H24Br2/c1-2-3-4-5-6-7-9-12(14)10-8-11-13/h12H,2-11H2,1H3. The number of halogens is 2. The Labute approximate surface area is 106 Å². The first-order valence-corrected chi connectivity index (χ1v) is 8.05. The van der Waals surface area contributed by atoms with Gasteiger partial charge in [0.05, 0.1) is 0 Å². The lowest BCUT2D eigenvalue weighted by Crippen LogP contribution is -1.97. The molecule has 1 atom stereocenters. The fourth-order valence-electron chi connectivity index (χ4n) is 1.59. The van der Waals surface area contributed by atoms with E-state index in [1.807, 2.05) is 0 Å². The zero-order valence-corrected chi connectivity index (χ0v) is 12.6. The van der Waals surface area contributed by atoms with Gasteiger partial charge in [0.2, 0.25) is 0 Å². The Hall–Kier alpha value is 0.960. The van der Waals surface area contributed by atoms with E-state index < -0.39 is 0 Å². The van der Waals surface area contributed by atoms with Crippen molar-refractivity contribution >= 4 is 31.9 Å². The zero-order chi connectivity index (χ0) is 10.6. The van der Waals surface area contributed by atoms with Gasteiger partial charge >= 0.3 is 0 Å². The zero-order valence-electron chi connectivity index (χ0n) is 9.40. The Kier molecular flexibility index (Phi) is 12.9. The van der Waals surface area contributed by atoms with Gasteiger partial charge in [0.15, 0.2) is 0 Å². The molecular weight excluding hydrogens is 304 g/mol. The molecule has 0 bridgehead atoms. The van der Waals surface area contributed by atoms with Crippen molar-refractivity contribution in [3.63, 3.8) is 0 Å². The van der Waals surface area contributed by atoms with Gasteiger partial charge in [-0.3, -0.25) is 0 Å². The van der Waals surface area contributed by atoms with E-state index in [0.717, 1.165) is 10.2 Å². The highest BCUT2D eigenvalue weighted by Crippen LogP contribution is 2.17. The van der Waals surface area contributed by atoms with Crippen molar-refractivity contribution in [3.8, 4) is 0 Å². The predicted octanol–water partition coefficient (Wildman–Crippen LogP) is 5.68. The molecule has 0 fully saturated rings. The summed E-state index contributed by atoms with van der Waals surface area (Å²) >= 11 is 7.21. The van der Waals surface area contributed by atoms with Gasteiger partial charge in [-0.2, -0.15) is 0 Å². The van der Waals surface area contributed by atoms with Gasteiger partial charge in [-0.1, -0.05) is 77.3 Å². The average molecular weight is 328 g/mol. The van der Waals surface area contributed by atoms with Gasteiger partial charge in [0.25, 0.3) is 0 Å². The quantitative estimate of drug-likeness (QED) is 0.358. The fraction of sp³-hybridized carbons (Fsp3) is 1.00. The average Bonchev–Trinajstić information content (AvgIpc) is 2.20. The minimum absolute atomic E-state index is 0.756. The van der Waals surface area contributed by atoms with E-state index in [9.17, 15) is 0 Å². The summed E-state index contributed by atoms with van der Waals surface area (Å²) in [6, 6.07) is 0. The SMILES string of the molecule is CCCCCCCCC(Br)CCCBr. The van der Waals surface area contributed by atoms with E-state index in [2.05, 4.69) is 38.8 Å². The fourth-order valence-corrected chi connectivity index (χ4v) is 2.56. The predicted molar refractivity (Wildman–Crippen MR) is 73.7 cm³/mol. The summed E-state index contributed by atoms with van der Waals surface area (Å²) < 4.78 is 0. The van der Waals surface area contributed by atoms with Crippen LogP contribution in [-0.4, -0.2) is 10.2 Å². The van der Waals surface area contributed by atoms with Crippen LogP contribution >= 0.6 is 31.9 Å². The van der Waals surface area contributed by atoms with Crippen LogP contribution in [0.4, 0.5) is 0 Å². The molecule has 0 aromatic carbocycles. The maximum atomic E-state index is 3.74. The smallest absolute Gasteiger partial charge is 0.0146 e. The van der Waals surface area contributed by atoms with Crippen molar-refractivity contribution in [1.29, 1.82) is 0 Å². The molecule has 0 rings (SSSR count). The lowest BCUT2D eigenvalue weighted by Gasteiger charge is -2.07. The molecule has 0 aliphatic heterocycles. The number of hydrogen-bond donors (Lipinski definition) is 0. The van der Waals surface area contributed by atoms with Gasteiger partial charge in [-0.15, -0.1) is 0 Å². The van der Waals surface area contributed by atoms with E-state index in [1.54, 1.807) is 0 Å². The minimum atomic E-state index is 0.756. The summed E-state index contributed by atoms with van der Waals surface area (Å²) in [4.78, 5) is 0.756. The molecule has 0 heterocycles. The molecule has 0 N–H and O–H groups in total. The molecular formula is C12H24Br2. The van der Waals surface area contributed by atoms with Crippen LogP contribution < -0.4 is 0 Å². The molecule has 0 saturated carbocycles. The number of unbranched alkanes of at least 4 members (excludes halogenated alkanes) is 5. The monoisotopic (exact) mass is 326 g/mol. The van der Waals surface area contributed by atoms with Crippen LogP contribution in [0.2, 0.25) is 0 Å². The highest BCUT2D eigenvalue weighted by atomic mass is 79.9. The van der Waals surface area contributed by atoms with E-state index in [1.165, 1.54) is 57.8 Å². The summed E-state index contributed by atoms with van der Waals surface area (Å²) in [7, 11) is 0. The Bertz CT molecular complexity index is 104. The van der Waals surface area contributed by atoms with E-state index in [0.29, 0.717) is 0 Å². The second kappa shape index (κ2) is 12.0. The largest absolute Gasteiger partial charge is 0.0928 e. The number of hydrogen-bond acceptors (Lipinski definition) is 0. The number of alkyl halides is 2. The molecule has 0 aromatic heterocycles. The second-order valence-corrected chi connectivity index (χ2v) is 6.07. The van der Waals surface area contributed by atoms with Gasteiger partial charge in [-0.05, 0) is 19.3 Å². The summed E-state index contributed by atoms with van der Waals surface area (Å²) in [5.41, 5.74) is 0. The third-order valence-corrected chi connectivity index (χ3v) is 4.00. The third kappa shape index (κ3) is 11.0. The van der Waals surface area contributed by atoms with Crippen LogP contribution in [0.1, 0.15) is 64.7 Å². The number of rotatable bonds is 10. The second-order valence-electron chi connectivity index (χ2n) is 3.98. The van der Waals surface area contributed by atoms with Crippen LogP contribution in [-0.2, 0) is 0 Å². The lowest BCUT2D eigenvalue weighted by atomic mass is 10.1. The molecule has 0 aromatic rings. The molecule has 86 valence electrons. The Morgan fingerprint density at radius 1 is 0.857 bits per heavy atom. The van der Waals surface area contributed by atoms with Crippen LogP contribution in [0.5, 0.6) is 0 Å². The normalized spacial score (nSPS) is 13.1. The molecule has 0 radical (unpaired) electrons. The highest BCUT2D eigenvalue weighted by Gasteiger charge is 2.02. The summed E-state index contributed by atoms with van der Waals surface area (Å²) in [5.74, 6) is 0. The van der Waals surface area contributed by atoms with E-state index >= 15 is 0 Å². The van der Waals surface area contributed by atoms with Gasteiger partial charge < -0.3 is 0 Å². The molecule has 0 spiro atoms. The molecule has 0 amide bonds. The Morgan fingerprint density at radius 3 is 2.07 bits per heavy atom. The third-order valence-electron chi connectivity index (χ3n) is 2.52. The van der Waals surface area contributed by atoms with Crippen molar-refractivity contribution in [2.75, 3.05) is 5.33 Å². The van der Waals surface area contributed by atoms with Crippen molar-refractivity contribution < 1.29 is 0 Å². The topological polar surface area (TPSA) is 0 Å². The molecule has 14 heavy (non-hydrogen) atoms. The molecule has 0 aliphatic carbocycles. The van der Waals surface area contributed by atoms with Gasteiger partial charge in [0, 0.05) is 10.2 Å². The van der Waals surface area contributed by atoms with E-state index in [4.69, 9.17) is 0 Å². The molecule has 1 unspecified atom stereocenters. The summed E-state index contributed by atoms with van der Waals surface area (Å²) in [6.07, 6.45) is 12.5. The van der Waals surface area contributed by atoms with Crippen LogP contribution in [0.25, 0.3) is 0 Å². The van der Waals surface area contributed by atoms with Gasteiger partial charge in [0.1, 0.15) is 0 Å². The maximum Gasteiger partial charge on any atom is 0.0146 e. The molecule has 2 heteroatoms. The van der Waals surface area contributed by atoms with Crippen molar-refractivity contribution in [1.82, 2.24) is 0 Å². The van der Waals surface area contributed by atoms with Crippen LogP contribution in [0, 0.1) is 0 Å². The molecule has 0 nitrogen and oxygen atoms in total. The first-order chi connectivity index (χ1) is 6.81. The van der Waals surface area contributed by atoms with Crippen LogP contribution in [0.15, 0.2) is 0 Å². The molecule has 0 aliphatic rings.